The molecule has 4 rings (SSSR count). The van der Waals surface area contributed by atoms with Gasteiger partial charge in [0.2, 0.25) is 0 Å². The van der Waals surface area contributed by atoms with E-state index in [0.29, 0.717) is 28.4 Å². The number of fused-ring (bicyclic) bond motifs is 1. The smallest absolute Gasteiger partial charge is 0.343 e. The highest BCUT2D eigenvalue weighted by atomic mass is 16.5. The molecule has 1 N–H and O–H groups in total. The predicted molar refractivity (Wildman–Crippen MR) is 134 cm³/mol. The lowest BCUT2D eigenvalue weighted by Crippen LogP contribution is -2.24. The number of hydrazone groups is 1. The van der Waals surface area contributed by atoms with E-state index in [0.717, 1.165) is 16.3 Å². The van der Waals surface area contributed by atoms with Crippen molar-refractivity contribution in [1.29, 1.82) is 0 Å². The van der Waals surface area contributed by atoms with Gasteiger partial charge < -0.3 is 14.2 Å². The number of methoxy groups -OCH3 is 1. The molecule has 7 nitrogen and oxygen atoms in total. The van der Waals surface area contributed by atoms with Crippen molar-refractivity contribution in [3.8, 4) is 17.2 Å². The highest BCUT2D eigenvalue weighted by Gasteiger charge is 2.14. The SMILES string of the molecule is COc1ccccc1OCC(=O)N/N=C/c1c(OC(=O)c2ccc(C)cc2)ccc2ccccc12. The number of nitrogens with one attached hydrogen (secondary N) is 1. The maximum Gasteiger partial charge on any atom is 0.343 e. The minimum absolute atomic E-state index is 0.248. The van der Waals surface area contributed by atoms with Crippen molar-refractivity contribution in [2.24, 2.45) is 5.10 Å². The maximum absolute atomic E-state index is 12.7. The van der Waals surface area contributed by atoms with E-state index in [2.05, 4.69) is 10.5 Å². The summed E-state index contributed by atoms with van der Waals surface area (Å²) in [6, 6.07) is 25.4. The highest BCUT2D eigenvalue weighted by Crippen LogP contribution is 2.28. The summed E-state index contributed by atoms with van der Waals surface area (Å²) in [6.45, 7) is 1.70. The van der Waals surface area contributed by atoms with E-state index in [4.69, 9.17) is 14.2 Å². The summed E-state index contributed by atoms with van der Waals surface area (Å²) in [7, 11) is 1.53. The van der Waals surface area contributed by atoms with Gasteiger partial charge >= 0.3 is 5.97 Å². The van der Waals surface area contributed by atoms with Crippen molar-refractivity contribution in [1.82, 2.24) is 5.43 Å². The Labute approximate surface area is 202 Å². The average Bonchev–Trinajstić information content (AvgIpc) is 2.89. The normalized spacial score (nSPS) is 10.8. The van der Waals surface area contributed by atoms with Gasteiger partial charge in [-0.15, -0.1) is 0 Å². The molecule has 0 heterocycles. The van der Waals surface area contributed by atoms with Crippen molar-refractivity contribution in [3.05, 3.63) is 102 Å². The molecule has 176 valence electrons. The van der Waals surface area contributed by atoms with E-state index in [1.54, 1.807) is 36.4 Å². The number of aryl methyl sites for hydroxylation is 1. The Morgan fingerprint density at radius 2 is 1.57 bits per heavy atom. The van der Waals surface area contributed by atoms with Crippen LogP contribution in [0.15, 0.2) is 90.0 Å². The number of para-hydroxylation sites is 2. The fourth-order valence-electron chi connectivity index (χ4n) is 3.43. The summed E-state index contributed by atoms with van der Waals surface area (Å²) in [4.78, 5) is 25.0. The molecule has 0 aliphatic rings. The van der Waals surface area contributed by atoms with Crippen LogP contribution in [0.5, 0.6) is 17.2 Å². The van der Waals surface area contributed by atoms with Crippen LogP contribution in [0.25, 0.3) is 10.8 Å². The van der Waals surface area contributed by atoms with Gasteiger partial charge in [0.1, 0.15) is 5.75 Å². The van der Waals surface area contributed by atoms with Crippen molar-refractivity contribution in [2.75, 3.05) is 13.7 Å². The fourth-order valence-corrected chi connectivity index (χ4v) is 3.43. The zero-order valence-corrected chi connectivity index (χ0v) is 19.4. The fraction of sp³-hybridized carbons (Fsp3) is 0.107. The minimum atomic E-state index is -0.482. The van der Waals surface area contributed by atoms with Gasteiger partial charge in [0.15, 0.2) is 18.1 Å². The van der Waals surface area contributed by atoms with E-state index in [9.17, 15) is 9.59 Å². The summed E-state index contributed by atoms with van der Waals surface area (Å²) < 4.78 is 16.4. The molecule has 0 bridgehead atoms. The minimum Gasteiger partial charge on any atom is -0.493 e. The van der Waals surface area contributed by atoms with Gasteiger partial charge in [0.25, 0.3) is 5.91 Å². The lowest BCUT2D eigenvalue weighted by atomic mass is 10.0. The van der Waals surface area contributed by atoms with E-state index in [-0.39, 0.29) is 6.61 Å². The number of benzene rings is 4. The van der Waals surface area contributed by atoms with Crippen LogP contribution < -0.4 is 19.6 Å². The van der Waals surface area contributed by atoms with Gasteiger partial charge in [0, 0.05) is 5.56 Å². The highest BCUT2D eigenvalue weighted by molar-refractivity contribution is 6.04. The molecule has 4 aromatic carbocycles. The third-order valence-electron chi connectivity index (χ3n) is 5.23. The molecular weight excluding hydrogens is 444 g/mol. The topological polar surface area (TPSA) is 86.2 Å². The van der Waals surface area contributed by atoms with Crippen molar-refractivity contribution in [2.45, 2.75) is 6.92 Å². The number of amides is 1. The van der Waals surface area contributed by atoms with Crippen LogP contribution in [0.2, 0.25) is 0 Å². The van der Waals surface area contributed by atoms with Crippen molar-refractivity contribution < 1.29 is 23.8 Å². The Hall–Kier alpha value is -4.65. The van der Waals surface area contributed by atoms with Crippen LogP contribution in [-0.2, 0) is 4.79 Å². The Bertz CT molecular complexity index is 1380. The molecule has 0 atom stereocenters. The molecule has 35 heavy (non-hydrogen) atoms. The summed E-state index contributed by atoms with van der Waals surface area (Å²) in [6.07, 6.45) is 1.46. The Balaban J connectivity index is 1.50. The first-order chi connectivity index (χ1) is 17.0. The zero-order chi connectivity index (χ0) is 24.6. The molecule has 0 aliphatic carbocycles. The van der Waals surface area contributed by atoms with E-state index < -0.39 is 11.9 Å². The lowest BCUT2D eigenvalue weighted by molar-refractivity contribution is -0.123. The number of nitrogens with zero attached hydrogens (tertiary/aromatic N) is 1. The first-order valence-corrected chi connectivity index (χ1v) is 10.9. The molecule has 0 saturated carbocycles. The van der Waals surface area contributed by atoms with Gasteiger partial charge in [-0.1, -0.05) is 60.2 Å². The average molecular weight is 469 g/mol. The molecule has 7 heteroatoms. The molecule has 0 saturated heterocycles. The molecule has 4 aromatic rings. The lowest BCUT2D eigenvalue weighted by Gasteiger charge is -2.11. The predicted octanol–water partition coefficient (Wildman–Crippen LogP) is 4.91. The summed E-state index contributed by atoms with van der Waals surface area (Å²) in [5.74, 6) is 0.375. The second kappa shape index (κ2) is 11.0. The van der Waals surface area contributed by atoms with Gasteiger partial charge in [-0.25, -0.2) is 10.2 Å². The number of hydrogen-bond acceptors (Lipinski definition) is 6. The largest absolute Gasteiger partial charge is 0.493 e. The number of hydrogen-bond donors (Lipinski definition) is 1. The number of ether oxygens (including phenoxy) is 3. The molecule has 0 spiro atoms. The molecule has 0 aliphatic heterocycles. The number of esters is 1. The maximum atomic E-state index is 12.7. The number of carbonyl (C=O) groups excluding carboxylic acids is 2. The van der Waals surface area contributed by atoms with Crippen LogP contribution in [0, 0.1) is 6.92 Å². The Morgan fingerprint density at radius 1 is 0.857 bits per heavy atom. The number of rotatable bonds is 8. The van der Waals surface area contributed by atoms with Crippen LogP contribution in [-0.4, -0.2) is 31.8 Å². The van der Waals surface area contributed by atoms with Crippen molar-refractivity contribution >= 4 is 28.9 Å². The Kier molecular flexibility index (Phi) is 7.37. The first kappa shape index (κ1) is 23.5. The second-order valence-electron chi connectivity index (χ2n) is 7.69. The molecule has 0 unspecified atom stereocenters. The molecule has 0 fully saturated rings. The molecule has 0 aromatic heterocycles. The van der Waals surface area contributed by atoms with E-state index in [1.807, 2.05) is 55.5 Å². The van der Waals surface area contributed by atoms with Gasteiger partial charge in [-0.3, -0.25) is 4.79 Å². The van der Waals surface area contributed by atoms with Crippen LogP contribution in [0.1, 0.15) is 21.5 Å². The van der Waals surface area contributed by atoms with Crippen LogP contribution in [0.4, 0.5) is 0 Å². The summed E-state index contributed by atoms with van der Waals surface area (Å²) in [5.41, 5.74) is 4.50. The monoisotopic (exact) mass is 468 g/mol. The molecule has 1 amide bonds. The summed E-state index contributed by atoms with van der Waals surface area (Å²) in [5, 5.41) is 5.84. The third kappa shape index (κ3) is 5.83. The van der Waals surface area contributed by atoms with Gasteiger partial charge in [-0.2, -0.15) is 5.10 Å². The molecular formula is C28H24N2O5. The van der Waals surface area contributed by atoms with E-state index in [1.165, 1.54) is 13.3 Å². The first-order valence-electron chi connectivity index (χ1n) is 10.9. The quantitative estimate of drug-likeness (QED) is 0.172. The van der Waals surface area contributed by atoms with Crippen LogP contribution in [0.3, 0.4) is 0 Å². The molecule has 0 radical (unpaired) electrons. The van der Waals surface area contributed by atoms with Gasteiger partial charge in [0.05, 0.1) is 18.9 Å². The standard InChI is InChI=1S/C28H24N2O5/c1-19-11-13-21(14-12-19)28(32)35-24-16-15-20-7-3-4-8-22(20)23(24)17-29-30-27(31)18-34-26-10-6-5-9-25(26)33-2/h3-17H,18H2,1-2H3,(H,30,31)/b29-17+. The second-order valence-corrected chi connectivity index (χ2v) is 7.69. The summed E-state index contributed by atoms with van der Waals surface area (Å²) >= 11 is 0. The zero-order valence-electron chi connectivity index (χ0n) is 19.4. The van der Waals surface area contributed by atoms with E-state index >= 15 is 0 Å². The van der Waals surface area contributed by atoms with Crippen LogP contribution >= 0.6 is 0 Å². The number of carbonyl (C=O) groups is 2. The third-order valence-corrected chi connectivity index (χ3v) is 5.23. The van der Waals surface area contributed by atoms with Gasteiger partial charge in [-0.05, 0) is 48.0 Å². The Morgan fingerprint density at radius 3 is 2.34 bits per heavy atom. The van der Waals surface area contributed by atoms with Crippen molar-refractivity contribution in [3.63, 3.8) is 0 Å².